The van der Waals surface area contributed by atoms with E-state index in [0.717, 1.165) is 36.8 Å². The van der Waals surface area contributed by atoms with Crippen molar-refractivity contribution in [3.63, 3.8) is 0 Å². The highest BCUT2D eigenvalue weighted by Crippen LogP contribution is 2.45. The topological polar surface area (TPSA) is 41.3 Å². The lowest BCUT2D eigenvalue weighted by Gasteiger charge is -2.54. The number of hydrogen-bond acceptors (Lipinski definition) is 3. The van der Waals surface area contributed by atoms with Crippen LogP contribution < -0.4 is 0 Å². The first kappa shape index (κ1) is 15.0. The van der Waals surface area contributed by atoms with E-state index in [-0.39, 0.29) is 11.6 Å². The standard InChI is InChI=1S/C17H21F2N3O/c18-16(19)22-14-5-2-1-4-13(14)20-15(22)11-21-9-6-12(23)10-17(21)7-3-8-17/h1-2,4-5,12,16,23H,3,6-11H2. The van der Waals surface area contributed by atoms with E-state index in [2.05, 4.69) is 9.88 Å². The summed E-state index contributed by atoms with van der Waals surface area (Å²) in [7, 11) is 0. The van der Waals surface area contributed by atoms with Gasteiger partial charge in [0.2, 0.25) is 0 Å². The lowest BCUT2D eigenvalue weighted by Crippen LogP contribution is -2.58. The highest BCUT2D eigenvalue weighted by molar-refractivity contribution is 5.75. The molecule has 1 unspecified atom stereocenters. The number of piperidine rings is 1. The van der Waals surface area contributed by atoms with Crippen LogP contribution in [-0.4, -0.2) is 37.7 Å². The maximum Gasteiger partial charge on any atom is 0.320 e. The molecule has 1 atom stereocenters. The molecule has 2 aliphatic rings. The van der Waals surface area contributed by atoms with Crippen molar-refractivity contribution < 1.29 is 13.9 Å². The zero-order valence-electron chi connectivity index (χ0n) is 13.0. The summed E-state index contributed by atoms with van der Waals surface area (Å²) in [4.78, 5) is 6.72. The van der Waals surface area contributed by atoms with E-state index >= 15 is 0 Å². The monoisotopic (exact) mass is 321 g/mol. The predicted octanol–water partition coefficient (Wildman–Crippen LogP) is 3.31. The number of halogens is 2. The first-order valence-corrected chi connectivity index (χ1v) is 8.26. The van der Waals surface area contributed by atoms with Crippen LogP contribution in [0.1, 0.15) is 44.5 Å². The third kappa shape index (κ3) is 2.44. The quantitative estimate of drug-likeness (QED) is 0.943. The first-order chi connectivity index (χ1) is 11.1. The number of alkyl halides is 2. The van der Waals surface area contributed by atoms with Crippen LogP contribution in [0.2, 0.25) is 0 Å². The normalized spacial score (nSPS) is 24.4. The maximum absolute atomic E-state index is 13.6. The molecule has 2 aromatic rings. The van der Waals surface area contributed by atoms with Crippen molar-refractivity contribution in [3.05, 3.63) is 30.1 Å². The average molecular weight is 321 g/mol. The number of benzene rings is 1. The van der Waals surface area contributed by atoms with Crippen LogP contribution >= 0.6 is 0 Å². The molecule has 1 saturated carbocycles. The minimum Gasteiger partial charge on any atom is -0.393 e. The molecule has 0 amide bonds. The summed E-state index contributed by atoms with van der Waals surface area (Å²) in [6, 6.07) is 7.05. The van der Waals surface area contributed by atoms with Crippen LogP contribution in [0.25, 0.3) is 11.0 Å². The molecule has 2 fully saturated rings. The molecule has 2 heterocycles. The van der Waals surface area contributed by atoms with Crippen molar-refractivity contribution in [2.45, 2.75) is 56.8 Å². The van der Waals surface area contributed by atoms with Gasteiger partial charge in [-0.25, -0.2) is 4.98 Å². The second-order valence-electron chi connectivity index (χ2n) is 6.81. The number of aromatic nitrogens is 2. The lowest BCUT2D eigenvalue weighted by molar-refractivity contribution is -0.0729. The van der Waals surface area contributed by atoms with Gasteiger partial charge in [-0.15, -0.1) is 0 Å². The highest BCUT2D eigenvalue weighted by atomic mass is 19.3. The van der Waals surface area contributed by atoms with Crippen molar-refractivity contribution in [2.75, 3.05) is 6.54 Å². The molecule has 1 N–H and O–H groups in total. The Hall–Kier alpha value is -1.53. The van der Waals surface area contributed by atoms with Gasteiger partial charge >= 0.3 is 6.55 Å². The van der Waals surface area contributed by atoms with Crippen LogP contribution in [0.3, 0.4) is 0 Å². The van der Waals surface area contributed by atoms with Gasteiger partial charge in [0, 0.05) is 12.1 Å². The minimum absolute atomic E-state index is 0.0112. The summed E-state index contributed by atoms with van der Waals surface area (Å²) in [5.41, 5.74) is 1.09. The van der Waals surface area contributed by atoms with Gasteiger partial charge in [0.1, 0.15) is 5.82 Å². The molecule has 4 nitrogen and oxygen atoms in total. The SMILES string of the molecule is OC1CCN(Cc2nc3ccccc3n2C(F)F)C2(CCC2)C1. The van der Waals surface area contributed by atoms with Crippen molar-refractivity contribution in [1.82, 2.24) is 14.5 Å². The molecule has 0 bridgehead atoms. The predicted molar refractivity (Wildman–Crippen MR) is 83.2 cm³/mol. The fourth-order valence-corrected chi connectivity index (χ4v) is 4.16. The van der Waals surface area contributed by atoms with E-state index in [4.69, 9.17) is 0 Å². The van der Waals surface area contributed by atoms with Crippen molar-refractivity contribution in [2.24, 2.45) is 0 Å². The molecule has 1 saturated heterocycles. The van der Waals surface area contributed by atoms with Crippen LogP contribution in [0.4, 0.5) is 8.78 Å². The molecule has 0 radical (unpaired) electrons. The second kappa shape index (κ2) is 5.53. The molecule has 23 heavy (non-hydrogen) atoms. The van der Waals surface area contributed by atoms with E-state index in [1.54, 1.807) is 18.2 Å². The summed E-state index contributed by atoms with van der Waals surface area (Å²) < 4.78 is 28.2. The molecule has 6 heteroatoms. The van der Waals surface area contributed by atoms with Gasteiger partial charge in [0.15, 0.2) is 0 Å². The second-order valence-corrected chi connectivity index (χ2v) is 6.81. The highest BCUT2D eigenvalue weighted by Gasteiger charge is 2.46. The van der Waals surface area contributed by atoms with Gasteiger partial charge < -0.3 is 5.11 Å². The van der Waals surface area contributed by atoms with Gasteiger partial charge in [0.25, 0.3) is 0 Å². The van der Waals surface area contributed by atoms with Crippen LogP contribution in [0.15, 0.2) is 24.3 Å². The Kier molecular flexibility index (Phi) is 3.61. The fraction of sp³-hybridized carbons (Fsp3) is 0.588. The number of nitrogens with zero attached hydrogens (tertiary/aromatic N) is 3. The fourth-order valence-electron chi connectivity index (χ4n) is 4.16. The summed E-state index contributed by atoms with van der Waals surface area (Å²) in [5, 5.41) is 9.98. The van der Waals surface area contributed by atoms with Crippen LogP contribution in [0, 0.1) is 0 Å². The van der Waals surface area contributed by atoms with Gasteiger partial charge in [-0.1, -0.05) is 12.1 Å². The Morgan fingerprint density at radius 2 is 2.09 bits per heavy atom. The number of aliphatic hydroxyl groups is 1. The largest absolute Gasteiger partial charge is 0.393 e. The molecule has 1 aromatic heterocycles. The Balaban J connectivity index is 1.68. The number of imidazole rings is 1. The first-order valence-electron chi connectivity index (χ1n) is 8.26. The van der Waals surface area contributed by atoms with E-state index in [9.17, 15) is 13.9 Å². The van der Waals surface area contributed by atoms with Crippen molar-refractivity contribution in [3.8, 4) is 0 Å². The summed E-state index contributed by atoms with van der Waals surface area (Å²) >= 11 is 0. The number of hydrogen-bond donors (Lipinski definition) is 1. The third-order valence-corrected chi connectivity index (χ3v) is 5.50. The summed E-state index contributed by atoms with van der Waals surface area (Å²) in [6.45, 7) is -1.43. The van der Waals surface area contributed by atoms with E-state index in [1.807, 2.05) is 6.07 Å². The van der Waals surface area contributed by atoms with Gasteiger partial charge in [-0.2, -0.15) is 8.78 Å². The molecule has 124 valence electrons. The van der Waals surface area contributed by atoms with Crippen molar-refractivity contribution in [1.29, 1.82) is 0 Å². The van der Waals surface area contributed by atoms with Gasteiger partial charge in [0.05, 0.1) is 23.7 Å². The van der Waals surface area contributed by atoms with Gasteiger partial charge in [-0.3, -0.25) is 9.47 Å². The lowest BCUT2D eigenvalue weighted by atomic mass is 9.69. The number of likely N-dealkylation sites (tertiary alicyclic amines) is 1. The Bertz CT molecular complexity index is 711. The summed E-state index contributed by atoms with van der Waals surface area (Å²) in [5.74, 6) is 0.420. The van der Waals surface area contributed by atoms with E-state index in [1.165, 1.54) is 0 Å². The molecule has 1 spiro atoms. The van der Waals surface area contributed by atoms with E-state index < -0.39 is 6.55 Å². The maximum atomic E-state index is 13.6. The van der Waals surface area contributed by atoms with Crippen LogP contribution in [-0.2, 0) is 6.54 Å². The van der Waals surface area contributed by atoms with Crippen LogP contribution in [0.5, 0.6) is 0 Å². The number of fused-ring (bicyclic) bond motifs is 1. The molecule has 4 rings (SSSR count). The minimum atomic E-state index is -2.59. The smallest absolute Gasteiger partial charge is 0.320 e. The van der Waals surface area contributed by atoms with Gasteiger partial charge in [-0.05, 0) is 44.2 Å². The molecule has 1 aliphatic heterocycles. The average Bonchev–Trinajstić information content (AvgIpc) is 2.85. The Morgan fingerprint density at radius 3 is 2.78 bits per heavy atom. The summed E-state index contributed by atoms with van der Waals surface area (Å²) in [6.07, 6.45) is 4.42. The number of aliphatic hydroxyl groups excluding tert-OH is 1. The Morgan fingerprint density at radius 1 is 1.30 bits per heavy atom. The van der Waals surface area contributed by atoms with Crippen molar-refractivity contribution >= 4 is 11.0 Å². The molecule has 1 aromatic carbocycles. The molecule has 1 aliphatic carbocycles. The zero-order valence-corrected chi connectivity index (χ0v) is 13.0. The molecular formula is C17H21F2N3O. The number of rotatable bonds is 3. The Labute approximate surface area is 133 Å². The number of para-hydroxylation sites is 2. The zero-order chi connectivity index (χ0) is 16.0. The third-order valence-electron chi connectivity index (χ3n) is 5.50. The van der Waals surface area contributed by atoms with E-state index in [0.29, 0.717) is 29.8 Å². The molecular weight excluding hydrogens is 300 g/mol.